The van der Waals surface area contributed by atoms with Crippen LogP contribution < -0.4 is 4.90 Å². The molecule has 0 N–H and O–H groups in total. The van der Waals surface area contributed by atoms with E-state index >= 15 is 0 Å². The van der Waals surface area contributed by atoms with Crippen LogP contribution in [-0.4, -0.2) is 13.1 Å². The molecule has 1 aliphatic carbocycles. The van der Waals surface area contributed by atoms with Gasteiger partial charge in [0.15, 0.2) is 0 Å². The molecule has 1 atom stereocenters. The van der Waals surface area contributed by atoms with E-state index in [1.165, 1.54) is 15.7 Å². The van der Waals surface area contributed by atoms with Gasteiger partial charge in [0.05, 0.1) is 0 Å². The van der Waals surface area contributed by atoms with Gasteiger partial charge in [0.2, 0.25) is 0 Å². The van der Waals surface area contributed by atoms with Crippen LogP contribution in [0.1, 0.15) is 12.0 Å². The molecule has 18 heavy (non-hydrogen) atoms. The Morgan fingerprint density at radius 1 is 1.39 bits per heavy atom. The number of fused-ring (bicyclic) bond motifs is 1. The maximum atomic E-state index is 12.9. The zero-order valence-electron chi connectivity index (χ0n) is 10.1. The average molecular weight is 308 g/mol. The normalized spacial score (nSPS) is 22.0. The van der Waals surface area contributed by atoms with Crippen molar-refractivity contribution in [1.82, 2.24) is 0 Å². The van der Waals surface area contributed by atoms with Crippen molar-refractivity contribution >= 4 is 21.6 Å². The topological polar surface area (TPSA) is 3.24 Å². The molecule has 0 saturated carbocycles. The smallest absolute Gasteiger partial charge is 0.118 e. The van der Waals surface area contributed by atoms with Crippen molar-refractivity contribution in [1.29, 1.82) is 0 Å². The highest BCUT2D eigenvalue weighted by Gasteiger charge is 2.23. The van der Waals surface area contributed by atoms with Crippen molar-refractivity contribution in [3.05, 3.63) is 52.3 Å². The minimum atomic E-state index is -0.101. The zero-order valence-corrected chi connectivity index (χ0v) is 11.7. The molecule has 94 valence electrons. The van der Waals surface area contributed by atoms with Crippen molar-refractivity contribution in [2.75, 3.05) is 18.0 Å². The molecule has 3 heteroatoms. The number of rotatable bonds is 2. The molecule has 1 heterocycles. The van der Waals surface area contributed by atoms with E-state index in [0.717, 1.165) is 25.9 Å². The molecule has 0 aromatic heterocycles. The van der Waals surface area contributed by atoms with E-state index in [-0.39, 0.29) is 5.83 Å². The van der Waals surface area contributed by atoms with Crippen molar-refractivity contribution in [2.45, 2.75) is 12.8 Å². The first-order chi connectivity index (χ1) is 8.74. The predicted molar refractivity (Wildman–Crippen MR) is 76.5 cm³/mol. The molecule has 0 fully saturated rings. The van der Waals surface area contributed by atoms with Crippen LogP contribution in [0.25, 0.3) is 0 Å². The molecular formula is C15H15BrFN. The SMILES string of the molecule is FC1=CCC(CN2CCc3c(Br)cccc32)C=C1. The van der Waals surface area contributed by atoms with E-state index in [2.05, 4.69) is 39.0 Å². The van der Waals surface area contributed by atoms with Crippen LogP contribution >= 0.6 is 15.9 Å². The second kappa shape index (κ2) is 4.88. The summed E-state index contributed by atoms with van der Waals surface area (Å²) in [5.74, 6) is 0.324. The van der Waals surface area contributed by atoms with E-state index < -0.39 is 0 Å². The van der Waals surface area contributed by atoms with Gasteiger partial charge in [0.1, 0.15) is 5.83 Å². The summed E-state index contributed by atoms with van der Waals surface area (Å²) in [7, 11) is 0. The first kappa shape index (κ1) is 12.0. The van der Waals surface area contributed by atoms with Gasteiger partial charge in [0, 0.05) is 23.2 Å². The Hall–Kier alpha value is -1.09. The molecule has 3 rings (SSSR count). The Morgan fingerprint density at radius 3 is 3.06 bits per heavy atom. The highest BCUT2D eigenvalue weighted by Crippen LogP contribution is 2.34. The third-order valence-corrected chi connectivity index (χ3v) is 4.41. The summed E-state index contributed by atoms with van der Waals surface area (Å²) in [6, 6.07) is 6.36. The Bertz CT molecular complexity index is 521. The standard InChI is InChI=1S/C15H15BrFN/c16-14-2-1-3-15-13(14)8-9-18(15)10-11-4-6-12(17)7-5-11/h1-4,6-7,11H,5,8-10H2. The molecule has 0 saturated heterocycles. The second-order valence-corrected chi connectivity index (χ2v) is 5.73. The van der Waals surface area contributed by atoms with Gasteiger partial charge < -0.3 is 4.90 Å². The Kier molecular flexibility index (Phi) is 3.25. The van der Waals surface area contributed by atoms with Gasteiger partial charge in [-0.2, -0.15) is 0 Å². The monoisotopic (exact) mass is 307 g/mol. The molecule has 0 amide bonds. The molecule has 1 nitrogen and oxygen atoms in total. The fourth-order valence-corrected chi connectivity index (χ4v) is 3.26. The molecule has 0 radical (unpaired) electrons. The van der Waals surface area contributed by atoms with Crippen LogP contribution in [-0.2, 0) is 6.42 Å². The number of benzene rings is 1. The van der Waals surface area contributed by atoms with Crippen molar-refractivity contribution in [3.8, 4) is 0 Å². The Balaban J connectivity index is 1.74. The third-order valence-electron chi connectivity index (χ3n) is 3.66. The van der Waals surface area contributed by atoms with Crippen LogP contribution in [0, 0.1) is 5.92 Å². The molecular weight excluding hydrogens is 293 g/mol. The van der Waals surface area contributed by atoms with Crippen LogP contribution in [0.5, 0.6) is 0 Å². The largest absolute Gasteiger partial charge is 0.370 e. The van der Waals surface area contributed by atoms with Gasteiger partial charge in [-0.25, -0.2) is 4.39 Å². The zero-order chi connectivity index (χ0) is 12.5. The second-order valence-electron chi connectivity index (χ2n) is 4.88. The number of allylic oxidation sites excluding steroid dienone is 3. The molecule has 1 unspecified atom stereocenters. The summed E-state index contributed by atoms with van der Waals surface area (Å²) in [6.45, 7) is 2.04. The highest BCUT2D eigenvalue weighted by atomic mass is 79.9. The van der Waals surface area contributed by atoms with Crippen LogP contribution in [0.3, 0.4) is 0 Å². The summed E-state index contributed by atoms with van der Waals surface area (Å²) in [4.78, 5) is 2.41. The van der Waals surface area contributed by atoms with Gasteiger partial charge in [-0.15, -0.1) is 0 Å². The fourth-order valence-electron chi connectivity index (χ4n) is 2.70. The summed E-state index contributed by atoms with van der Waals surface area (Å²) < 4.78 is 14.1. The van der Waals surface area contributed by atoms with E-state index in [1.807, 2.05) is 6.08 Å². The molecule has 1 aliphatic heterocycles. The lowest BCUT2D eigenvalue weighted by Crippen LogP contribution is -2.27. The molecule has 1 aromatic rings. The van der Waals surface area contributed by atoms with Gasteiger partial charge in [-0.3, -0.25) is 0 Å². The molecule has 0 bridgehead atoms. The van der Waals surface area contributed by atoms with Crippen LogP contribution in [0.4, 0.5) is 10.1 Å². The van der Waals surface area contributed by atoms with Crippen molar-refractivity contribution < 1.29 is 4.39 Å². The van der Waals surface area contributed by atoms with Gasteiger partial charge in [0.25, 0.3) is 0 Å². The van der Waals surface area contributed by atoms with E-state index in [9.17, 15) is 4.39 Å². The van der Waals surface area contributed by atoms with Gasteiger partial charge in [-0.1, -0.05) is 28.1 Å². The van der Waals surface area contributed by atoms with E-state index in [1.54, 1.807) is 12.2 Å². The molecule has 0 spiro atoms. The minimum absolute atomic E-state index is 0.101. The first-order valence-electron chi connectivity index (χ1n) is 6.30. The summed E-state index contributed by atoms with van der Waals surface area (Å²) in [5, 5.41) is 0. The predicted octanol–water partition coefficient (Wildman–Crippen LogP) is 4.24. The van der Waals surface area contributed by atoms with Gasteiger partial charge in [-0.05, 0) is 48.6 Å². The maximum Gasteiger partial charge on any atom is 0.118 e. The molecule has 1 aromatic carbocycles. The van der Waals surface area contributed by atoms with Crippen molar-refractivity contribution in [3.63, 3.8) is 0 Å². The number of halogens is 2. The Labute approximate surface area is 115 Å². The van der Waals surface area contributed by atoms with Gasteiger partial charge >= 0.3 is 0 Å². The number of anilines is 1. The third kappa shape index (κ3) is 2.24. The minimum Gasteiger partial charge on any atom is -0.370 e. The summed E-state index contributed by atoms with van der Waals surface area (Å²) in [5.41, 5.74) is 2.73. The highest BCUT2D eigenvalue weighted by molar-refractivity contribution is 9.10. The van der Waals surface area contributed by atoms with Crippen LogP contribution in [0.2, 0.25) is 0 Å². The Morgan fingerprint density at radius 2 is 2.28 bits per heavy atom. The quantitative estimate of drug-likeness (QED) is 0.790. The van der Waals surface area contributed by atoms with E-state index in [4.69, 9.17) is 0 Å². The molecule has 2 aliphatic rings. The fraction of sp³-hybridized carbons (Fsp3) is 0.333. The lowest BCUT2D eigenvalue weighted by Gasteiger charge is -2.24. The lowest BCUT2D eigenvalue weighted by molar-refractivity contribution is 0.588. The summed E-state index contributed by atoms with van der Waals surface area (Å²) >= 11 is 3.61. The first-order valence-corrected chi connectivity index (χ1v) is 7.09. The van der Waals surface area contributed by atoms with Crippen molar-refractivity contribution in [2.24, 2.45) is 5.92 Å². The number of hydrogen-bond acceptors (Lipinski definition) is 1. The van der Waals surface area contributed by atoms with E-state index in [0.29, 0.717) is 5.92 Å². The lowest BCUT2D eigenvalue weighted by atomic mass is 10.00. The summed E-state index contributed by atoms with van der Waals surface area (Å²) in [6.07, 6.45) is 7.17. The number of hydrogen-bond donors (Lipinski definition) is 0. The van der Waals surface area contributed by atoms with Crippen LogP contribution in [0.15, 0.2) is 46.7 Å². The average Bonchev–Trinajstić information content (AvgIpc) is 2.77. The maximum absolute atomic E-state index is 12.9. The number of nitrogens with zero attached hydrogens (tertiary/aromatic N) is 1.